The lowest BCUT2D eigenvalue weighted by Gasteiger charge is -2.16. The predicted octanol–water partition coefficient (Wildman–Crippen LogP) is 4.15. The van der Waals surface area contributed by atoms with Crippen molar-refractivity contribution in [1.82, 2.24) is 0 Å². The van der Waals surface area contributed by atoms with Crippen molar-refractivity contribution in [3.05, 3.63) is 29.8 Å². The first-order chi connectivity index (χ1) is 8.19. The van der Waals surface area contributed by atoms with Gasteiger partial charge in [-0.3, -0.25) is 4.79 Å². The van der Waals surface area contributed by atoms with Gasteiger partial charge in [0.2, 0.25) is 5.91 Å². The summed E-state index contributed by atoms with van der Waals surface area (Å²) in [5, 5.41) is 3.04. The minimum atomic E-state index is 0.157. The second-order valence-corrected chi connectivity index (χ2v) is 4.58. The Bertz CT molecular complexity index is 354. The van der Waals surface area contributed by atoms with E-state index in [1.807, 2.05) is 31.2 Å². The highest BCUT2D eigenvalue weighted by atomic mass is 16.1. The summed E-state index contributed by atoms with van der Waals surface area (Å²) in [7, 11) is 0. The molecule has 0 aliphatic rings. The minimum Gasteiger partial charge on any atom is -0.326 e. The Morgan fingerprint density at radius 3 is 2.29 bits per heavy atom. The van der Waals surface area contributed by atoms with E-state index in [4.69, 9.17) is 0 Å². The van der Waals surface area contributed by atoms with E-state index in [9.17, 15) is 4.79 Å². The van der Waals surface area contributed by atoms with E-state index in [1.165, 1.54) is 0 Å². The maximum absolute atomic E-state index is 12.1. The van der Waals surface area contributed by atoms with Crippen LogP contribution in [0.1, 0.15) is 45.1 Å². The lowest BCUT2D eigenvalue weighted by Crippen LogP contribution is -2.23. The fourth-order valence-corrected chi connectivity index (χ4v) is 2.05. The van der Waals surface area contributed by atoms with Crippen LogP contribution >= 0.6 is 0 Å². The summed E-state index contributed by atoms with van der Waals surface area (Å²) in [6.45, 7) is 6.28. The van der Waals surface area contributed by atoms with Crippen molar-refractivity contribution in [2.45, 2.75) is 46.5 Å². The van der Waals surface area contributed by atoms with Gasteiger partial charge in [-0.05, 0) is 31.4 Å². The van der Waals surface area contributed by atoms with Crippen LogP contribution in [0, 0.1) is 12.8 Å². The molecule has 0 saturated heterocycles. The monoisotopic (exact) mass is 233 g/mol. The van der Waals surface area contributed by atoms with Gasteiger partial charge < -0.3 is 5.32 Å². The van der Waals surface area contributed by atoms with Gasteiger partial charge in [-0.2, -0.15) is 0 Å². The fraction of sp³-hybridized carbons (Fsp3) is 0.533. The Morgan fingerprint density at radius 1 is 1.18 bits per heavy atom. The Balaban J connectivity index is 2.66. The molecule has 0 unspecified atom stereocenters. The van der Waals surface area contributed by atoms with E-state index in [1.54, 1.807) is 0 Å². The summed E-state index contributed by atoms with van der Waals surface area (Å²) in [4.78, 5) is 12.1. The van der Waals surface area contributed by atoms with Crippen LogP contribution in [-0.4, -0.2) is 5.91 Å². The summed E-state index contributed by atoms with van der Waals surface area (Å²) in [6.07, 6.45) is 4.08. The van der Waals surface area contributed by atoms with Gasteiger partial charge in [-0.25, -0.2) is 0 Å². The molecule has 1 aromatic rings. The van der Waals surface area contributed by atoms with E-state index < -0.39 is 0 Å². The molecule has 1 rings (SSSR count). The molecule has 0 fully saturated rings. The topological polar surface area (TPSA) is 29.1 Å². The standard InChI is InChI=1S/C15H23NO/c1-4-8-13(9-5-2)15(17)16-14-11-7-6-10-12(14)3/h6-7,10-11,13H,4-5,8-9H2,1-3H3,(H,16,17). The van der Waals surface area contributed by atoms with Crippen LogP contribution in [0.15, 0.2) is 24.3 Å². The predicted molar refractivity (Wildman–Crippen MR) is 73.1 cm³/mol. The number of benzene rings is 1. The highest BCUT2D eigenvalue weighted by molar-refractivity contribution is 5.93. The zero-order valence-corrected chi connectivity index (χ0v) is 11.1. The number of anilines is 1. The first kappa shape index (κ1) is 13.8. The van der Waals surface area contributed by atoms with Gasteiger partial charge in [0, 0.05) is 11.6 Å². The Labute approximate surface area is 104 Å². The van der Waals surface area contributed by atoms with Crippen molar-refractivity contribution < 1.29 is 4.79 Å². The molecule has 0 saturated carbocycles. The van der Waals surface area contributed by atoms with E-state index in [-0.39, 0.29) is 11.8 Å². The van der Waals surface area contributed by atoms with Gasteiger partial charge in [0.15, 0.2) is 0 Å². The molecule has 1 N–H and O–H groups in total. The Morgan fingerprint density at radius 2 is 1.76 bits per heavy atom. The summed E-state index contributed by atoms with van der Waals surface area (Å²) >= 11 is 0. The lowest BCUT2D eigenvalue weighted by atomic mass is 9.97. The van der Waals surface area contributed by atoms with Crippen molar-refractivity contribution in [3.63, 3.8) is 0 Å². The molecule has 0 aromatic heterocycles. The number of carbonyl (C=O) groups excluding carboxylic acids is 1. The molecular formula is C15H23NO. The van der Waals surface area contributed by atoms with Gasteiger partial charge in [0.25, 0.3) is 0 Å². The number of rotatable bonds is 6. The first-order valence-corrected chi connectivity index (χ1v) is 6.55. The van der Waals surface area contributed by atoms with Crippen molar-refractivity contribution in [3.8, 4) is 0 Å². The summed E-state index contributed by atoms with van der Waals surface area (Å²) in [5.41, 5.74) is 2.06. The van der Waals surface area contributed by atoms with E-state index in [0.717, 1.165) is 36.9 Å². The summed E-state index contributed by atoms with van der Waals surface area (Å²) in [5.74, 6) is 0.326. The Kier molecular flexibility index (Phi) is 5.75. The molecule has 17 heavy (non-hydrogen) atoms. The molecule has 1 aromatic carbocycles. The maximum atomic E-state index is 12.1. The summed E-state index contributed by atoms with van der Waals surface area (Å²) < 4.78 is 0. The van der Waals surface area contributed by atoms with Crippen LogP contribution in [0.25, 0.3) is 0 Å². The number of para-hydroxylation sites is 1. The number of carbonyl (C=O) groups is 1. The van der Waals surface area contributed by atoms with Crippen molar-refractivity contribution in [2.75, 3.05) is 5.32 Å². The van der Waals surface area contributed by atoms with Crippen LogP contribution in [0.4, 0.5) is 5.69 Å². The number of amides is 1. The third kappa shape index (κ3) is 4.22. The second-order valence-electron chi connectivity index (χ2n) is 4.58. The number of hydrogen-bond acceptors (Lipinski definition) is 1. The molecule has 0 atom stereocenters. The number of hydrogen-bond donors (Lipinski definition) is 1. The average molecular weight is 233 g/mol. The normalized spacial score (nSPS) is 10.6. The maximum Gasteiger partial charge on any atom is 0.227 e. The second kappa shape index (κ2) is 7.10. The molecule has 1 amide bonds. The molecule has 2 nitrogen and oxygen atoms in total. The van der Waals surface area contributed by atoms with Crippen molar-refractivity contribution in [2.24, 2.45) is 5.92 Å². The number of aryl methyl sites for hydroxylation is 1. The molecule has 0 spiro atoms. The fourth-order valence-electron chi connectivity index (χ4n) is 2.05. The van der Waals surface area contributed by atoms with Gasteiger partial charge in [-0.1, -0.05) is 44.9 Å². The third-order valence-electron chi connectivity index (χ3n) is 3.05. The van der Waals surface area contributed by atoms with Crippen LogP contribution in [0.2, 0.25) is 0 Å². The molecule has 94 valence electrons. The molecular weight excluding hydrogens is 210 g/mol. The van der Waals surface area contributed by atoms with Gasteiger partial charge >= 0.3 is 0 Å². The highest BCUT2D eigenvalue weighted by Gasteiger charge is 2.16. The van der Waals surface area contributed by atoms with Crippen molar-refractivity contribution in [1.29, 1.82) is 0 Å². The van der Waals surface area contributed by atoms with E-state index >= 15 is 0 Å². The molecule has 2 heteroatoms. The Hall–Kier alpha value is -1.31. The first-order valence-electron chi connectivity index (χ1n) is 6.55. The SMILES string of the molecule is CCCC(CCC)C(=O)Nc1ccccc1C. The van der Waals surface area contributed by atoms with Gasteiger partial charge in [0.05, 0.1) is 0 Å². The molecule has 0 aliphatic carbocycles. The van der Waals surface area contributed by atoms with Gasteiger partial charge in [0.1, 0.15) is 0 Å². The molecule has 0 heterocycles. The quantitative estimate of drug-likeness (QED) is 0.785. The largest absolute Gasteiger partial charge is 0.326 e. The highest BCUT2D eigenvalue weighted by Crippen LogP contribution is 2.19. The lowest BCUT2D eigenvalue weighted by molar-refractivity contribution is -0.120. The zero-order chi connectivity index (χ0) is 12.7. The molecule has 0 bridgehead atoms. The average Bonchev–Trinajstić information content (AvgIpc) is 2.32. The van der Waals surface area contributed by atoms with Gasteiger partial charge in [-0.15, -0.1) is 0 Å². The van der Waals surface area contributed by atoms with Crippen LogP contribution < -0.4 is 5.32 Å². The number of nitrogens with one attached hydrogen (secondary N) is 1. The van der Waals surface area contributed by atoms with E-state index in [2.05, 4.69) is 19.2 Å². The molecule has 0 radical (unpaired) electrons. The van der Waals surface area contributed by atoms with Crippen molar-refractivity contribution >= 4 is 11.6 Å². The van der Waals surface area contributed by atoms with Crippen LogP contribution in [-0.2, 0) is 4.79 Å². The third-order valence-corrected chi connectivity index (χ3v) is 3.05. The van der Waals surface area contributed by atoms with Crippen LogP contribution in [0.3, 0.4) is 0 Å². The zero-order valence-electron chi connectivity index (χ0n) is 11.1. The minimum absolute atomic E-state index is 0.157. The van der Waals surface area contributed by atoms with Crippen LogP contribution in [0.5, 0.6) is 0 Å². The molecule has 0 aliphatic heterocycles. The summed E-state index contributed by atoms with van der Waals surface area (Å²) in [6, 6.07) is 7.92. The smallest absolute Gasteiger partial charge is 0.227 e. The van der Waals surface area contributed by atoms with E-state index in [0.29, 0.717) is 0 Å².